The minimum absolute atomic E-state index is 0.572. The molecule has 3 aromatic rings. The van der Waals surface area contributed by atoms with E-state index in [0.29, 0.717) is 11.5 Å². The van der Waals surface area contributed by atoms with Gasteiger partial charge in [-0.05, 0) is 25.5 Å². The van der Waals surface area contributed by atoms with E-state index in [9.17, 15) is 0 Å². The van der Waals surface area contributed by atoms with Crippen LogP contribution in [0.2, 0.25) is 0 Å². The molecular formula is C17H21N5O2. The monoisotopic (exact) mass is 327 g/mol. The summed E-state index contributed by atoms with van der Waals surface area (Å²) in [5, 5.41) is 7.74. The molecule has 0 bridgehead atoms. The molecule has 0 aliphatic heterocycles. The summed E-state index contributed by atoms with van der Waals surface area (Å²) in [6, 6.07) is 5.65. The van der Waals surface area contributed by atoms with Crippen molar-refractivity contribution in [2.75, 3.05) is 19.5 Å². The average Bonchev–Trinajstić information content (AvgIpc) is 3.06. The average molecular weight is 327 g/mol. The smallest absolute Gasteiger partial charge is 0.254 e. The van der Waals surface area contributed by atoms with Crippen LogP contribution in [-0.2, 0) is 6.42 Å². The highest BCUT2D eigenvalue weighted by molar-refractivity contribution is 5.69. The Morgan fingerprint density at radius 3 is 2.75 bits per heavy atom. The molecule has 0 radical (unpaired) electrons. The Morgan fingerprint density at radius 2 is 2.04 bits per heavy atom. The minimum Gasteiger partial charge on any atom is -0.497 e. The van der Waals surface area contributed by atoms with E-state index in [-0.39, 0.29) is 0 Å². The molecule has 1 N–H and O–H groups in total. The Morgan fingerprint density at radius 1 is 1.21 bits per heavy atom. The highest BCUT2D eigenvalue weighted by Crippen LogP contribution is 2.33. The molecule has 1 aromatic carbocycles. The first-order valence-electron chi connectivity index (χ1n) is 7.86. The van der Waals surface area contributed by atoms with Crippen molar-refractivity contribution in [2.24, 2.45) is 0 Å². The lowest BCUT2D eigenvalue weighted by atomic mass is 10.1. The fourth-order valence-corrected chi connectivity index (χ4v) is 2.69. The number of methoxy groups -OCH3 is 2. The number of aryl methyl sites for hydroxylation is 1. The molecule has 2 aromatic heterocycles. The lowest BCUT2D eigenvalue weighted by Gasteiger charge is -2.17. The van der Waals surface area contributed by atoms with Gasteiger partial charge in [0.05, 0.1) is 19.9 Å². The van der Waals surface area contributed by atoms with E-state index in [0.717, 1.165) is 41.4 Å². The summed E-state index contributed by atoms with van der Waals surface area (Å²) < 4.78 is 12.5. The molecule has 2 heterocycles. The number of rotatable bonds is 6. The molecule has 0 saturated heterocycles. The maximum absolute atomic E-state index is 5.48. The Kier molecular flexibility index (Phi) is 4.50. The molecule has 0 atom stereocenters. The van der Waals surface area contributed by atoms with Gasteiger partial charge >= 0.3 is 0 Å². The maximum Gasteiger partial charge on any atom is 0.254 e. The van der Waals surface area contributed by atoms with E-state index in [2.05, 4.69) is 27.3 Å². The van der Waals surface area contributed by atoms with E-state index in [1.807, 2.05) is 25.1 Å². The molecule has 0 unspecified atom stereocenters. The second kappa shape index (κ2) is 6.74. The number of nitrogens with zero attached hydrogens (tertiary/aromatic N) is 4. The van der Waals surface area contributed by atoms with E-state index >= 15 is 0 Å². The van der Waals surface area contributed by atoms with Gasteiger partial charge in [0, 0.05) is 17.3 Å². The number of fused-ring (bicyclic) bond motifs is 1. The Bertz CT molecular complexity index is 860. The van der Waals surface area contributed by atoms with Gasteiger partial charge in [0.15, 0.2) is 0 Å². The van der Waals surface area contributed by atoms with Gasteiger partial charge < -0.3 is 14.8 Å². The van der Waals surface area contributed by atoms with Crippen LogP contribution in [0, 0.1) is 6.92 Å². The zero-order valence-electron chi connectivity index (χ0n) is 14.3. The van der Waals surface area contributed by atoms with E-state index in [4.69, 9.17) is 9.47 Å². The fourth-order valence-electron chi connectivity index (χ4n) is 2.69. The highest BCUT2D eigenvalue weighted by Gasteiger charge is 2.16. The Labute approximate surface area is 140 Å². The van der Waals surface area contributed by atoms with Crippen molar-refractivity contribution in [3.05, 3.63) is 35.8 Å². The third-order valence-corrected chi connectivity index (χ3v) is 3.89. The number of anilines is 2. The standard InChI is InChI=1S/C17H21N5O2/c1-5-6-13-11(2)20-17-18-10-19-22(17)16(13)21-14-8-7-12(23-3)9-15(14)24-4/h7-10,21H,5-6H2,1-4H3. The maximum atomic E-state index is 5.48. The summed E-state index contributed by atoms with van der Waals surface area (Å²) in [5.74, 6) is 2.87. The molecule has 0 aliphatic rings. The fraction of sp³-hybridized carbons (Fsp3) is 0.353. The quantitative estimate of drug-likeness (QED) is 0.750. The van der Waals surface area contributed by atoms with Gasteiger partial charge in [-0.3, -0.25) is 0 Å². The Hall–Kier alpha value is -2.83. The normalized spacial score (nSPS) is 10.8. The molecule has 0 aliphatic carbocycles. The first-order valence-corrected chi connectivity index (χ1v) is 7.86. The van der Waals surface area contributed by atoms with Crippen molar-refractivity contribution in [1.29, 1.82) is 0 Å². The van der Waals surface area contributed by atoms with Crippen LogP contribution in [0.15, 0.2) is 24.5 Å². The van der Waals surface area contributed by atoms with Crippen LogP contribution < -0.4 is 14.8 Å². The molecule has 0 amide bonds. The summed E-state index contributed by atoms with van der Waals surface area (Å²) in [6.07, 6.45) is 3.42. The Balaban J connectivity index is 2.12. The first-order chi connectivity index (χ1) is 11.7. The van der Waals surface area contributed by atoms with Crippen LogP contribution in [0.3, 0.4) is 0 Å². The van der Waals surface area contributed by atoms with Crippen LogP contribution in [0.1, 0.15) is 24.6 Å². The van der Waals surface area contributed by atoms with Crippen molar-refractivity contribution in [2.45, 2.75) is 26.7 Å². The highest BCUT2D eigenvalue weighted by atomic mass is 16.5. The van der Waals surface area contributed by atoms with Crippen LogP contribution >= 0.6 is 0 Å². The van der Waals surface area contributed by atoms with Crippen LogP contribution in [0.25, 0.3) is 5.78 Å². The first kappa shape index (κ1) is 16.0. The molecule has 126 valence electrons. The lowest BCUT2D eigenvalue weighted by Crippen LogP contribution is -2.09. The van der Waals surface area contributed by atoms with Gasteiger partial charge in [-0.1, -0.05) is 13.3 Å². The third kappa shape index (κ3) is 2.84. The topological polar surface area (TPSA) is 73.6 Å². The third-order valence-electron chi connectivity index (χ3n) is 3.89. The zero-order valence-corrected chi connectivity index (χ0v) is 14.3. The summed E-state index contributed by atoms with van der Waals surface area (Å²) in [6.45, 7) is 4.14. The van der Waals surface area contributed by atoms with Crippen molar-refractivity contribution in [3.63, 3.8) is 0 Å². The minimum atomic E-state index is 0.572. The van der Waals surface area contributed by atoms with E-state index < -0.39 is 0 Å². The summed E-state index contributed by atoms with van der Waals surface area (Å²) in [7, 11) is 3.27. The van der Waals surface area contributed by atoms with Crippen molar-refractivity contribution < 1.29 is 9.47 Å². The zero-order chi connectivity index (χ0) is 17.1. The number of nitrogens with one attached hydrogen (secondary N) is 1. The van der Waals surface area contributed by atoms with Gasteiger partial charge in [-0.2, -0.15) is 14.6 Å². The summed E-state index contributed by atoms with van der Waals surface area (Å²) in [4.78, 5) is 8.73. The number of hydrogen-bond acceptors (Lipinski definition) is 6. The molecule has 0 spiro atoms. The SMILES string of the molecule is CCCc1c(C)nc2ncnn2c1Nc1ccc(OC)cc1OC. The molecule has 7 nitrogen and oxygen atoms in total. The van der Waals surface area contributed by atoms with Crippen LogP contribution in [0.4, 0.5) is 11.5 Å². The van der Waals surface area contributed by atoms with Crippen molar-refractivity contribution in [1.82, 2.24) is 19.6 Å². The lowest BCUT2D eigenvalue weighted by molar-refractivity contribution is 0.395. The number of hydrogen-bond donors (Lipinski definition) is 1. The molecule has 0 saturated carbocycles. The van der Waals surface area contributed by atoms with E-state index in [1.54, 1.807) is 18.7 Å². The van der Waals surface area contributed by atoms with Gasteiger partial charge in [-0.15, -0.1) is 0 Å². The van der Waals surface area contributed by atoms with Crippen molar-refractivity contribution >= 4 is 17.3 Å². The van der Waals surface area contributed by atoms with Crippen LogP contribution in [-0.4, -0.2) is 33.8 Å². The molecular weight excluding hydrogens is 306 g/mol. The van der Waals surface area contributed by atoms with Crippen LogP contribution in [0.5, 0.6) is 11.5 Å². The van der Waals surface area contributed by atoms with Gasteiger partial charge in [0.25, 0.3) is 5.78 Å². The summed E-state index contributed by atoms with van der Waals surface area (Å²) in [5.41, 5.74) is 2.90. The number of ether oxygens (including phenoxy) is 2. The molecule has 3 rings (SSSR count). The largest absolute Gasteiger partial charge is 0.497 e. The predicted octanol–water partition coefficient (Wildman–Crippen LogP) is 3.15. The van der Waals surface area contributed by atoms with Gasteiger partial charge in [0.1, 0.15) is 23.6 Å². The van der Waals surface area contributed by atoms with Crippen molar-refractivity contribution in [3.8, 4) is 11.5 Å². The van der Waals surface area contributed by atoms with Gasteiger partial charge in [-0.25, -0.2) is 4.98 Å². The molecule has 24 heavy (non-hydrogen) atoms. The number of benzene rings is 1. The summed E-state index contributed by atoms with van der Waals surface area (Å²) >= 11 is 0. The van der Waals surface area contributed by atoms with E-state index in [1.165, 1.54) is 6.33 Å². The molecule has 0 fully saturated rings. The second-order valence-electron chi connectivity index (χ2n) is 5.44. The molecule has 7 heteroatoms. The van der Waals surface area contributed by atoms with Gasteiger partial charge in [0.2, 0.25) is 0 Å². The second-order valence-corrected chi connectivity index (χ2v) is 5.44. The number of aromatic nitrogens is 4. The predicted molar refractivity (Wildman–Crippen MR) is 92.3 cm³/mol.